The van der Waals surface area contributed by atoms with Gasteiger partial charge in [-0.15, -0.1) is 0 Å². The number of rotatable bonds is 4. The maximum Gasteiger partial charge on any atom is 0.243 e. The Morgan fingerprint density at radius 3 is 2.31 bits per heavy atom. The number of piperazine rings is 1. The van der Waals surface area contributed by atoms with Gasteiger partial charge in [0.05, 0.1) is 11.1 Å². The highest BCUT2D eigenvalue weighted by atomic mass is 32.2. The highest BCUT2D eigenvalue weighted by molar-refractivity contribution is 7.89. The van der Waals surface area contributed by atoms with E-state index in [1.165, 1.54) is 16.4 Å². The van der Waals surface area contributed by atoms with Crippen molar-refractivity contribution in [2.75, 3.05) is 31.1 Å². The number of anilines is 1. The average Bonchev–Trinajstić information content (AvgIpc) is 3.15. The first-order chi connectivity index (χ1) is 13.8. The van der Waals surface area contributed by atoms with Crippen molar-refractivity contribution in [2.24, 2.45) is 0 Å². The molecule has 0 aliphatic carbocycles. The first-order valence-corrected chi connectivity index (χ1v) is 10.8. The number of halogens is 1. The number of benzene rings is 2. The lowest BCUT2D eigenvalue weighted by Crippen LogP contribution is -2.48. The Bertz CT molecular complexity index is 1120. The zero-order valence-electron chi connectivity index (χ0n) is 16.3. The zero-order chi connectivity index (χ0) is 20.6. The summed E-state index contributed by atoms with van der Waals surface area (Å²) in [7, 11) is -3.64. The first-order valence-electron chi connectivity index (χ1n) is 9.39. The number of oxazole rings is 1. The van der Waals surface area contributed by atoms with Crippen LogP contribution in [0.3, 0.4) is 0 Å². The maximum absolute atomic E-state index is 13.3. The Labute approximate surface area is 169 Å². The van der Waals surface area contributed by atoms with E-state index < -0.39 is 10.0 Å². The monoisotopic (exact) mass is 415 g/mol. The number of aryl methyl sites for hydroxylation is 2. The normalized spacial score (nSPS) is 15.6. The van der Waals surface area contributed by atoms with E-state index in [-0.39, 0.29) is 10.7 Å². The summed E-state index contributed by atoms with van der Waals surface area (Å²) in [5.74, 6) is 0.786. The second kappa shape index (κ2) is 7.61. The molecule has 2 aromatic carbocycles. The van der Waals surface area contributed by atoms with Gasteiger partial charge in [0.1, 0.15) is 5.82 Å². The van der Waals surface area contributed by atoms with Gasteiger partial charge in [-0.05, 0) is 42.8 Å². The Hall–Kier alpha value is -2.71. The summed E-state index contributed by atoms with van der Waals surface area (Å²) in [5, 5.41) is 0. The third kappa shape index (κ3) is 3.90. The molecule has 0 N–H and O–H groups in total. The Morgan fingerprint density at radius 2 is 1.69 bits per heavy atom. The fraction of sp³-hybridized carbons (Fsp3) is 0.286. The van der Waals surface area contributed by atoms with Crippen molar-refractivity contribution in [3.05, 3.63) is 65.9 Å². The molecule has 1 fully saturated rings. The van der Waals surface area contributed by atoms with Crippen LogP contribution in [0.15, 0.2) is 58.0 Å². The number of sulfonamides is 1. The van der Waals surface area contributed by atoms with Crippen LogP contribution >= 0.6 is 0 Å². The van der Waals surface area contributed by atoms with E-state index in [4.69, 9.17) is 4.42 Å². The van der Waals surface area contributed by atoms with Crippen molar-refractivity contribution in [3.63, 3.8) is 0 Å². The topological polar surface area (TPSA) is 66.7 Å². The minimum atomic E-state index is -3.64. The fourth-order valence-electron chi connectivity index (χ4n) is 3.50. The molecule has 0 spiro atoms. The predicted octanol–water partition coefficient (Wildman–Crippen LogP) is 3.61. The van der Waals surface area contributed by atoms with E-state index in [1.54, 1.807) is 44.3 Å². The SMILES string of the molecule is Cc1ncc(-c2ccc(C)c(S(=O)(=O)N3CCN(c4ccc(F)cc4)CC3)c2)o1. The van der Waals surface area contributed by atoms with Crippen molar-refractivity contribution in [2.45, 2.75) is 18.7 Å². The highest BCUT2D eigenvalue weighted by Gasteiger charge is 2.30. The summed E-state index contributed by atoms with van der Waals surface area (Å²) >= 11 is 0. The second-order valence-corrected chi connectivity index (χ2v) is 9.00. The molecule has 0 unspecified atom stereocenters. The number of hydrogen-bond donors (Lipinski definition) is 0. The molecule has 0 radical (unpaired) electrons. The molecule has 3 aromatic rings. The van der Waals surface area contributed by atoms with Gasteiger partial charge in [-0.1, -0.05) is 12.1 Å². The van der Waals surface area contributed by atoms with Gasteiger partial charge < -0.3 is 9.32 Å². The van der Waals surface area contributed by atoms with E-state index in [2.05, 4.69) is 9.88 Å². The summed E-state index contributed by atoms with van der Waals surface area (Å²) in [5.41, 5.74) is 2.26. The van der Waals surface area contributed by atoms with Crippen molar-refractivity contribution >= 4 is 15.7 Å². The minimum absolute atomic E-state index is 0.277. The van der Waals surface area contributed by atoms with Crippen molar-refractivity contribution in [1.82, 2.24) is 9.29 Å². The van der Waals surface area contributed by atoms with Gasteiger partial charge in [0.15, 0.2) is 11.7 Å². The summed E-state index contributed by atoms with van der Waals surface area (Å²) in [6.07, 6.45) is 1.60. The van der Waals surface area contributed by atoms with E-state index >= 15 is 0 Å². The third-order valence-electron chi connectivity index (χ3n) is 5.14. The molecule has 29 heavy (non-hydrogen) atoms. The molecular weight excluding hydrogens is 393 g/mol. The third-order valence-corrected chi connectivity index (χ3v) is 7.18. The lowest BCUT2D eigenvalue weighted by atomic mass is 10.1. The molecule has 0 atom stereocenters. The number of nitrogens with zero attached hydrogens (tertiary/aromatic N) is 3. The van der Waals surface area contributed by atoms with Crippen LogP contribution in [0, 0.1) is 19.7 Å². The lowest BCUT2D eigenvalue weighted by Gasteiger charge is -2.35. The van der Waals surface area contributed by atoms with Crippen LogP contribution in [0.1, 0.15) is 11.5 Å². The van der Waals surface area contributed by atoms with E-state index in [0.717, 1.165) is 5.69 Å². The fourth-order valence-corrected chi connectivity index (χ4v) is 5.18. The van der Waals surface area contributed by atoms with Crippen LogP contribution in [-0.4, -0.2) is 43.9 Å². The van der Waals surface area contributed by atoms with Crippen molar-refractivity contribution < 1.29 is 17.2 Å². The molecule has 6 nitrogen and oxygen atoms in total. The summed E-state index contributed by atoms with van der Waals surface area (Å²) < 4.78 is 46.8. The molecule has 0 saturated carbocycles. The molecule has 1 aromatic heterocycles. The number of aromatic nitrogens is 1. The Morgan fingerprint density at radius 1 is 1.00 bits per heavy atom. The average molecular weight is 415 g/mol. The second-order valence-electron chi connectivity index (χ2n) is 7.09. The van der Waals surface area contributed by atoms with Crippen LogP contribution < -0.4 is 4.90 Å². The van der Waals surface area contributed by atoms with Crippen LogP contribution in [0.4, 0.5) is 10.1 Å². The van der Waals surface area contributed by atoms with Crippen LogP contribution in [0.25, 0.3) is 11.3 Å². The highest BCUT2D eigenvalue weighted by Crippen LogP contribution is 2.28. The molecule has 2 heterocycles. The zero-order valence-corrected chi connectivity index (χ0v) is 17.1. The molecule has 1 aliphatic heterocycles. The molecule has 8 heteroatoms. The van der Waals surface area contributed by atoms with Gasteiger partial charge >= 0.3 is 0 Å². The van der Waals surface area contributed by atoms with E-state index in [0.29, 0.717) is 49.0 Å². The Balaban J connectivity index is 1.55. The number of hydrogen-bond acceptors (Lipinski definition) is 5. The molecule has 0 amide bonds. The molecule has 1 aliphatic rings. The van der Waals surface area contributed by atoms with Crippen molar-refractivity contribution in [1.29, 1.82) is 0 Å². The lowest BCUT2D eigenvalue weighted by molar-refractivity contribution is 0.384. The quantitative estimate of drug-likeness (QED) is 0.651. The van der Waals surface area contributed by atoms with Gasteiger partial charge in [0.2, 0.25) is 10.0 Å². The smallest absolute Gasteiger partial charge is 0.243 e. The van der Waals surface area contributed by atoms with Crippen LogP contribution in [0.2, 0.25) is 0 Å². The molecule has 1 saturated heterocycles. The molecule has 152 valence electrons. The van der Waals surface area contributed by atoms with Gasteiger partial charge in [-0.25, -0.2) is 17.8 Å². The molecular formula is C21H22FN3O3S. The summed E-state index contributed by atoms with van der Waals surface area (Å²) in [6.45, 7) is 5.36. The first kappa shape index (κ1) is 19.6. The van der Waals surface area contributed by atoms with E-state index in [1.807, 2.05) is 6.07 Å². The van der Waals surface area contributed by atoms with Gasteiger partial charge in [0.25, 0.3) is 0 Å². The largest absolute Gasteiger partial charge is 0.441 e. The standard InChI is InChI=1S/C21H22FN3O3S/c1-15-3-4-17(20-14-23-16(2)28-20)13-21(15)29(26,27)25-11-9-24(10-12-25)19-7-5-18(22)6-8-19/h3-8,13-14H,9-12H2,1-2H3. The van der Waals surface area contributed by atoms with Crippen LogP contribution in [0.5, 0.6) is 0 Å². The van der Waals surface area contributed by atoms with Crippen LogP contribution in [-0.2, 0) is 10.0 Å². The Kier molecular flexibility index (Phi) is 5.14. The van der Waals surface area contributed by atoms with Gasteiger partial charge in [-0.2, -0.15) is 4.31 Å². The summed E-state index contributed by atoms with van der Waals surface area (Å²) in [6, 6.07) is 11.5. The minimum Gasteiger partial charge on any atom is -0.441 e. The molecule has 0 bridgehead atoms. The summed E-state index contributed by atoms with van der Waals surface area (Å²) in [4.78, 5) is 6.42. The maximum atomic E-state index is 13.3. The van der Waals surface area contributed by atoms with Gasteiger partial charge in [0, 0.05) is 44.4 Å². The van der Waals surface area contributed by atoms with Gasteiger partial charge in [-0.3, -0.25) is 0 Å². The van der Waals surface area contributed by atoms with E-state index in [9.17, 15) is 12.8 Å². The predicted molar refractivity (Wildman–Crippen MR) is 109 cm³/mol. The van der Waals surface area contributed by atoms with Crippen molar-refractivity contribution in [3.8, 4) is 11.3 Å². The molecule has 4 rings (SSSR count).